The van der Waals surface area contributed by atoms with Gasteiger partial charge in [-0.1, -0.05) is 29.3 Å². The van der Waals surface area contributed by atoms with Crippen molar-refractivity contribution in [2.45, 2.75) is 38.6 Å². The molecule has 2 rings (SSSR count). The van der Waals surface area contributed by atoms with Gasteiger partial charge in [0.1, 0.15) is 5.82 Å². The number of allylic oxidation sites excluding steroid dienone is 1. The monoisotopic (exact) mass is 267 g/mol. The minimum absolute atomic E-state index is 0.204. The molecule has 0 unspecified atom stereocenters. The maximum absolute atomic E-state index is 13.0. The second kappa shape index (κ2) is 6.35. The van der Waals surface area contributed by atoms with Crippen LogP contribution in [0.15, 0.2) is 29.8 Å². The van der Waals surface area contributed by atoms with Gasteiger partial charge in [0.2, 0.25) is 0 Å². The average molecular weight is 268 g/mol. The first-order chi connectivity index (χ1) is 8.65. The van der Waals surface area contributed by atoms with Gasteiger partial charge < -0.3 is 5.32 Å². The number of rotatable bonds is 6. The van der Waals surface area contributed by atoms with E-state index in [1.54, 1.807) is 12.1 Å². The van der Waals surface area contributed by atoms with Gasteiger partial charge in [-0.15, -0.1) is 0 Å². The fourth-order valence-corrected chi connectivity index (χ4v) is 2.14. The van der Waals surface area contributed by atoms with E-state index in [-0.39, 0.29) is 10.8 Å². The normalized spacial score (nSPS) is 16.1. The quantitative estimate of drug-likeness (QED) is 0.604. The number of halogens is 2. The summed E-state index contributed by atoms with van der Waals surface area (Å²) in [5, 5.41) is 3.68. The van der Waals surface area contributed by atoms with Gasteiger partial charge >= 0.3 is 0 Å². The van der Waals surface area contributed by atoms with Gasteiger partial charge in [-0.05, 0) is 56.8 Å². The zero-order valence-electron chi connectivity index (χ0n) is 10.7. The van der Waals surface area contributed by atoms with Crippen molar-refractivity contribution in [1.82, 2.24) is 5.32 Å². The van der Waals surface area contributed by atoms with Crippen LogP contribution in [0.4, 0.5) is 4.39 Å². The minimum atomic E-state index is -0.351. The molecule has 1 aliphatic rings. The Bertz CT molecular complexity index is 438. The van der Waals surface area contributed by atoms with E-state index < -0.39 is 0 Å². The summed E-state index contributed by atoms with van der Waals surface area (Å²) >= 11 is 5.76. The third-order valence-corrected chi connectivity index (χ3v) is 3.40. The predicted molar refractivity (Wildman–Crippen MR) is 74.5 cm³/mol. The van der Waals surface area contributed by atoms with E-state index in [1.807, 2.05) is 0 Å². The van der Waals surface area contributed by atoms with Gasteiger partial charge in [-0.2, -0.15) is 0 Å². The molecule has 1 aliphatic carbocycles. The fourth-order valence-electron chi connectivity index (χ4n) is 1.94. The van der Waals surface area contributed by atoms with E-state index in [0.717, 1.165) is 31.0 Å². The molecule has 3 heteroatoms. The highest BCUT2D eigenvalue weighted by Gasteiger charge is 2.19. The molecule has 0 heterocycles. The highest BCUT2D eigenvalue weighted by atomic mass is 35.5. The van der Waals surface area contributed by atoms with Crippen LogP contribution in [0, 0.1) is 5.82 Å². The Morgan fingerprint density at radius 3 is 2.94 bits per heavy atom. The van der Waals surface area contributed by atoms with Crippen molar-refractivity contribution in [2.75, 3.05) is 6.54 Å². The molecule has 0 amide bonds. The van der Waals surface area contributed by atoms with Crippen LogP contribution in [-0.4, -0.2) is 12.6 Å². The Kier molecular flexibility index (Phi) is 4.79. The second-order valence-electron chi connectivity index (χ2n) is 4.99. The molecule has 1 aromatic carbocycles. The van der Waals surface area contributed by atoms with E-state index in [1.165, 1.54) is 24.5 Å². The minimum Gasteiger partial charge on any atom is -0.314 e. The molecule has 1 nitrogen and oxygen atoms in total. The van der Waals surface area contributed by atoms with E-state index in [4.69, 9.17) is 11.6 Å². The van der Waals surface area contributed by atoms with Crippen LogP contribution in [0.2, 0.25) is 5.02 Å². The average Bonchev–Trinajstić information content (AvgIpc) is 3.14. The molecule has 0 radical (unpaired) electrons. The van der Waals surface area contributed by atoms with Crippen LogP contribution >= 0.6 is 11.6 Å². The van der Waals surface area contributed by atoms with Crippen LogP contribution in [0.3, 0.4) is 0 Å². The van der Waals surface area contributed by atoms with Crippen molar-refractivity contribution < 1.29 is 4.39 Å². The van der Waals surface area contributed by atoms with Crippen molar-refractivity contribution in [3.63, 3.8) is 0 Å². The molecule has 0 aliphatic heterocycles. The summed E-state index contributed by atoms with van der Waals surface area (Å²) in [4.78, 5) is 0. The molecule has 0 bridgehead atoms. The SMILES string of the molecule is C/C(=C/CCNC1CC1)Cc1ccc(F)c(Cl)c1. The Morgan fingerprint density at radius 2 is 2.28 bits per heavy atom. The second-order valence-corrected chi connectivity index (χ2v) is 5.40. The van der Waals surface area contributed by atoms with Crippen molar-refractivity contribution in [1.29, 1.82) is 0 Å². The van der Waals surface area contributed by atoms with Gasteiger partial charge in [-0.3, -0.25) is 0 Å². The molecule has 1 aromatic rings. The molecule has 0 aromatic heterocycles. The highest BCUT2D eigenvalue weighted by molar-refractivity contribution is 6.30. The van der Waals surface area contributed by atoms with Gasteiger partial charge in [0.05, 0.1) is 5.02 Å². The molecule has 98 valence electrons. The van der Waals surface area contributed by atoms with Crippen LogP contribution in [0.1, 0.15) is 31.7 Å². The molecule has 18 heavy (non-hydrogen) atoms. The highest BCUT2D eigenvalue weighted by Crippen LogP contribution is 2.19. The topological polar surface area (TPSA) is 12.0 Å². The third-order valence-electron chi connectivity index (χ3n) is 3.11. The molecule has 1 saturated carbocycles. The number of hydrogen-bond acceptors (Lipinski definition) is 1. The summed E-state index contributed by atoms with van der Waals surface area (Å²) in [5.41, 5.74) is 2.36. The van der Waals surface area contributed by atoms with Gasteiger partial charge in [0, 0.05) is 6.04 Å². The first-order valence-electron chi connectivity index (χ1n) is 6.48. The first-order valence-corrected chi connectivity index (χ1v) is 6.86. The summed E-state index contributed by atoms with van der Waals surface area (Å²) < 4.78 is 13.0. The maximum atomic E-state index is 13.0. The largest absolute Gasteiger partial charge is 0.314 e. The van der Waals surface area contributed by atoms with Crippen LogP contribution in [0.25, 0.3) is 0 Å². The lowest BCUT2D eigenvalue weighted by Gasteiger charge is -2.04. The lowest BCUT2D eigenvalue weighted by Crippen LogP contribution is -2.16. The third kappa shape index (κ3) is 4.43. The van der Waals surface area contributed by atoms with E-state index in [9.17, 15) is 4.39 Å². The molecule has 0 atom stereocenters. The van der Waals surface area contributed by atoms with Crippen LogP contribution in [0.5, 0.6) is 0 Å². The van der Waals surface area contributed by atoms with E-state index in [2.05, 4.69) is 18.3 Å². The predicted octanol–water partition coefficient (Wildman–Crippen LogP) is 4.11. The standard InChI is InChI=1S/C15H19ClFN/c1-11(3-2-8-18-13-5-6-13)9-12-4-7-15(17)14(16)10-12/h3-4,7,10,13,18H,2,5-6,8-9H2,1H3/b11-3-. The zero-order valence-corrected chi connectivity index (χ0v) is 11.4. The molecule has 0 spiro atoms. The van der Waals surface area contributed by atoms with Crippen molar-refractivity contribution in [3.8, 4) is 0 Å². The Labute approximate surface area is 113 Å². The van der Waals surface area contributed by atoms with Crippen LogP contribution < -0.4 is 5.32 Å². The Balaban J connectivity index is 1.79. The number of benzene rings is 1. The molecule has 1 N–H and O–H groups in total. The summed E-state index contributed by atoms with van der Waals surface area (Å²) in [6, 6.07) is 5.70. The maximum Gasteiger partial charge on any atom is 0.141 e. The van der Waals surface area contributed by atoms with Gasteiger partial charge in [-0.25, -0.2) is 4.39 Å². The summed E-state index contributed by atoms with van der Waals surface area (Å²) in [7, 11) is 0. The van der Waals surface area contributed by atoms with Crippen molar-refractivity contribution in [2.24, 2.45) is 0 Å². The van der Waals surface area contributed by atoms with E-state index in [0.29, 0.717) is 0 Å². The molecule has 1 fully saturated rings. The summed E-state index contributed by atoms with van der Waals surface area (Å²) in [5.74, 6) is -0.351. The van der Waals surface area contributed by atoms with E-state index >= 15 is 0 Å². The molecule has 0 saturated heterocycles. The number of nitrogens with one attached hydrogen (secondary N) is 1. The summed E-state index contributed by atoms with van der Waals surface area (Å²) in [6.45, 7) is 3.15. The lowest BCUT2D eigenvalue weighted by molar-refractivity contribution is 0.627. The van der Waals surface area contributed by atoms with Crippen LogP contribution in [-0.2, 0) is 6.42 Å². The smallest absolute Gasteiger partial charge is 0.141 e. The molecular weight excluding hydrogens is 249 g/mol. The lowest BCUT2D eigenvalue weighted by atomic mass is 10.1. The first kappa shape index (κ1) is 13.6. The molecular formula is C15H19ClFN. The fraction of sp³-hybridized carbons (Fsp3) is 0.467. The van der Waals surface area contributed by atoms with Crippen molar-refractivity contribution in [3.05, 3.63) is 46.3 Å². The Hall–Kier alpha value is -0.860. The number of hydrogen-bond donors (Lipinski definition) is 1. The summed E-state index contributed by atoms with van der Waals surface area (Å²) in [6.07, 6.45) is 6.79. The van der Waals surface area contributed by atoms with Crippen molar-refractivity contribution >= 4 is 11.6 Å². The van der Waals surface area contributed by atoms with Gasteiger partial charge in [0.25, 0.3) is 0 Å². The van der Waals surface area contributed by atoms with Gasteiger partial charge in [0.15, 0.2) is 0 Å². The zero-order chi connectivity index (χ0) is 13.0. The Morgan fingerprint density at radius 1 is 1.50 bits per heavy atom.